The Bertz CT molecular complexity index is 1780. The molecule has 0 spiro atoms. The summed E-state index contributed by atoms with van der Waals surface area (Å²) in [6.45, 7) is -0.842. The van der Waals surface area contributed by atoms with Gasteiger partial charge in [0.15, 0.2) is 5.41 Å². The molecule has 0 radical (unpaired) electrons. The Morgan fingerprint density at radius 3 is 2.45 bits per heavy atom. The van der Waals surface area contributed by atoms with Gasteiger partial charge in [0.05, 0.1) is 29.1 Å². The van der Waals surface area contributed by atoms with E-state index in [0.29, 0.717) is 21.3 Å². The van der Waals surface area contributed by atoms with E-state index in [4.69, 9.17) is 15.2 Å². The van der Waals surface area contributed by atoms with Crippen LogP contribution in [0.5, 0.6) is 11.5 Å². The Morgan fingerprint density at radius 1 is 1.18 bits per heavy atom. The fraction of sp³-hybridized carbons (Fsp3) is 0.286. The van der Waals surface area contributed by atoms with E-state index in [-0.39, 0.29) is 16.9 Å². The summed E-state index contributed by atoms with van der Waals surface area (Å²) in [4.78, 5) is 33.6. The number of pyridine rings is 1. The van der Waals surface area contributed by atoms with Gasteiger partial charge >= 0.3 is 6.18 Å². The molecule has 5 rings (SSSR count). The molecule has 4 N–H and O–H groups in total. The maximum atomic E-state index is 14.6. The number of fused-ring (bicyclic) bond motifs is 2. The Kier molecular flexibility index (Phi) is 7.70. The molecule has 232 valence electrons. The smallest absolute Gasteiger partial charge is 0.424 e. The van der Waals surface area contributed by atoms with Crippen LogP contribution in [0.2, 0.25) is 0 Å². The van der Waals surface area contributed by atoms with Gasteiger partial charge in [-0.2, -0.15) is 13.2 Å². The molecule has 0 bridgehead atoms. The molecular weight excluding hydrogens is 618 g/mol. The van der Waals surface area contributed by atoms with Crippen LogP contribution in [0, 0.1) is 12.7 Å². The van der Waals surface area contributed by atoms with E-state index in [1.54, 1.807) is 6.92 Å². The van der Waals surface area contributed by atoms with Crippen LogP contribution in [-0.4, -0.2) is 59.8 Å². The number of aryl methyl sites for hydroxylation is 1. The first-order chi connectivity index (χ1) is 20.6. The largest absolute Gasteiger partial charge is 0.494 e. The number of benzene rings is 2. The van der Waals surface area contributed by atoms with E-state index in [1.165, 1.54) is 30.6 Å². The predicted molar refractivity (Wildman–Crippen MR) is 145 cm³/mol. The standard InChI is InChI=1S/C28H22F6N4O5S/c1-12-37-21-17(42-2)7-14(8-18(21)44-12)23(39)36-10-27(41,28(32,33)34)19-9-16-22(43-11-26(16,24(30)31)25(35)40)20(38-19)13-3-5-15(29)6-4-13/h3-9,24,41H,10-11H2,1-2H3,(H2,35,40)(H,36,39)/t26-,27?/m0/s1. The number of halogens is 6. The number of alkyl halides is 5. The SMILES string of the molecule is COc1cc(C(=O)NCC(O)(c2cc3c(c(-c4ccc(F)cc4)n2)OC[C@@]3(C(N)=O)C(F)F)C(F)(F)F)cc2sc(C)nc12. The van der Waals surface area contributed by atoms with Gasteiger partial charge < -0.3 is 25.6 Å². The number of aromatic nitrogens is 2. The zero-order valence-electron chi connectivity index (χ0n) is 22.8. The third kappa shape index (κ3) is 4.96. The van der Waals surface area contributed by atoms with E-state index in [2.05, 4.69) is 9.97 Å². The number of carbonyl (C=O) groups is 2. The highest BCUT2D eigenvalue weighted by atomic mass is 32.1. The summed E-state index contributed by atoms with van der Waals surface area (Å²) < 4.78 is 97.4. The first-order valence-electron chi connectivity index (χ1n) is 12.7. The second-order valence-electron chi connectivity index (χ2n) is 9.96. The van der Waals surface area contributed by atoms with Crippen LogP contribution in [0.3, 0.4) is 0 Å². The Labute approximate surface area is 248 Å². The lowest BCUT2D eigenvalue weighted by molar-refractivity contribution is -0.265. The molecular formula is C28H22F6N4O5S. The highest BCUT2D eigenvalue weighted by molar-refractivity contribution is 7.18. The molecule has 0 saturated heterocycles. The molecule has 1 unspecified atom stereocenters. The second kappa shape index (κ2) is 10.9. The van der Waals surface area contributed by atoms with Crippen LogP contribution in [0.1, 0.15) is 26.6 Å². The quantitative estimate of drug-likeness (QED) is 0.243. The molecule has 16 heteroatoms. The van der Waals surface area contributed by atoms with Crippen molar-refractivity contribution in [1.29, 1.82) is 0 Å². The van der Waals surface area contributed by atoms with Gasteiger partial charge in [-0.1, -0.05) is 0 Å². The number of carbonyl (C=O) groups excluding carboxylic acids is 2. The number of nitrogens with one attached hydrogen (secondary N) is 1. The first kappa shape index (κ1) is 31.0. The number of hydrogen-bond acceptors (Lipinski definition) is 8. The van der Waals surface area contributed by atoms with Crippen LogP contribution < -0.4 is 20.5 Å². The number of thiazole rings is 1. The van der Waals surface area contributed by atoms with Crippen LogP contribution in [0.4, 0.5) is 26.3 Å². The van der Waals surface area contributed by atoms with Gasteiger partial charge in [0, 0.05) is 16.7 Å². The monoisotopic (exact) mass is 640 g/mol. The average molecular weight is 641 g/mol. The van der Waals surface area contributed by atoms with Gasteiger partial charge in [-0.3, -0.25) is 9.59 Å². The Morgan fingerprint density at radius 2 is 1.86 bits per heavy atom. The Hall–Kier alpha value is -4.44. The normalized spacial score (nSPS) is 17.7. The van der Waals surface area contributed by atoms with E-state index >= 15 is 0 Å². The van der Waals surface area contributed by atoms with Crippen molar-refractivity contribution < 1.29 is 50.5 Å². The molecule has 1 aliphatic heterocycles. The van der Waals surface area contributed by atoms with Crippen molar-refractivity contribution >= 4 is 33.4 Å². The second-order valence-corrected chi connectivity index (χ2v) is 11.2. The summed E-state index contributed by atoms with van der Waals surface area (Å²) in [5.41, 5.74) is -3.81. The number of nitrogens with zero attached hydrogens (tertiary/aromatic N) is 2. The van der Waals surface area contributed by atoms with E-state index < -0.39 is 77.1 Å². The number of aliphatic hydroxyl groups is 1. The van der Waals surface area contributed by atoms with Gasteiger partial charge in [-0.15, -0.1) is 11.3 Å². The zero-order valence-corrected chi connectivity index (χ0v) is 23.6. The van der Waals surface area contributed by atoms with Crippen LogP contribution in [-0.2, 0) is 15.8 Å². The molecule has 0 aliphatic carbocycles. The van der Waals surface area contributed by atoms with Gasteiger partial charge in [0.1, 0.15) is 35.1 Å². The minimum Gasteiger partial charge on any atom is -0.494 e. The Balaban J connectivity index is 1.62. The van der Waals surface area contributed by atoms with Gasteiger partial charge in [0.25, 0.3) is 12.3 Å². The molecule has 2 amide bonds. The molecule has 0 fully saturated rings. The van der Waals surface area contributed by atoms with Crippen LogP contribution in [0.25, 0.3) is 21.5 Å². The van der Waals surface area contributed by atoms with Crippen molar-refractivity contribution in [3.05, 3.63) is 70.1 Å². The lowest BCUT2D eigenvalue weighted by Crippen LogP contribution is -2.52. The number of nitrogens with two attached hydrogens (primary N) is 1. The molecule has 0 saturated carbocycles. The van der Waals surface area contributed by atoms with E-state index in [0.717, 1.165) is 24.3 Å². The topological polar surface area (TPSA) is 137 Å². The number of amides is 2. The maximum Gasteiger partial charge on any atom is 0.424 e. The minimum atomic E-state index is -5.54. The maximum absolute atomic E-state index is 14.6. The third-order valence-electron chi connectivity index (χ3n) is 7.27. The number of methoxy groups -OCH3 is 1. The molecule has 1 aliphatic rings. The molecule has 2 aromatic carbocycles. The van der Waals surface area contributed by atoms with E-state index in [1.807, 2.05) is 5.32 Å². The first-order valence-corrected chi connectivity index (χ1v) is 13.5. The number of ether oxygens (including phenoxy) is 2. The highest BCUT2D eigenvalue weighted by Crippen LogP contribution is 2.49. The number of primary amides is 1. The minimum absolute atomic E-state index is 0.0761. The summed E-state index contributed by atoms with van der Waals surface area (Å²) in [6.07, 6.45) is -9.07. The van der Waals surface area contributed by atoms with Crippen molar-refractivity contribution in [3.8, 4) is 22.8 Å². The predicted octanol–water partition coefficient (Wildman–Crippen LogP) is 4.37. The molecule has 2 aromatic heterocycles. The lowest BCUT2D eigenvalue weighted by atomic mass is 9.80. The van der Waals surface area contributed by atoms with Gasteiger partial charge in [-0.25, -0.2) is 23.1 Å². The van der Waals surface area contributed by atoms with Crippen molar-refractivity contribution in [2.45, 2.75) is 30.5 Å². The summed E-state index contributed by atoms with van der Waals surface area (Å²) in [5, 5.41) is 13.8. The van der Waals surface area contributed by atoms with Crippen molar-refractivity contribution in [3.63, 3.8) is 0 Å². The average Bonchev–Trinajstić information content (AvgIpc) is 3.55. The van der Waals surface area contributed by atoms with Crippen molar-refractivity contribution in [1.82, 2.24) is 15.3 Å². The molecule has 3 heterocycles. The summed E-state index contributed by atoms with van der Waals surface area (Å²) in [7, 11) is 1.32. The lowest BCUT2D eigenvalue weighted by Gasteiger charge is -2.32. The van der Waals surface area contributed by atoms with Gasteiger partial charge in [0.2, 0.25) is 11.5 Å². The fourth-order valence-electron chi connectivity index (χ4n) is 4.82. The number of rotatable bonds is 8. The number of hydrogen-bond donors (Lipinski definition) is 3. The summed E-state index contributed by atoms with van der Waals surface area (Å²) in [5.74, 6) is -3.67. The van der Waals surface area contributed by atoms with Crippen LogP contribution >= 0.6 is 11.3 Å². The highest BCUT2D eigenvalue weighted by Gasteiger charge is 2.59. The van der Waals surface area contributed by atoms with Crippen LogP contribution in [0.15, 0.2) is 42.5 Å². The molecule has 9 nitrogen and oxygen atoms in total. The molecule has 4 aromatic rings. The zero-order chi connectivity index (χ0) is 32.2. The summed E-state index contributed by atoms with van der Waals surface area (Å²) >= 11 is 1.21. The molecule has 2 atom stereocenters. The fourth-order valence-corrected chi connectivity index (χ4v) is 5.71. The van der Waals surface area contributed by atoms with Gasteiger partial charge in [-0.05, 0) is 49.4 Å². The van der Waals surface area contributed by atoms with E-state index in [9.17, 15) is 41.0 Å². The summed E-state index contributed by atoms with van der Waals surface area (Å²) in [6, 6.07) is 7.16. The third-order valence-corrected chi connectivity index (χ3v) is 8.19. The van der Waals surface area contributed by atoms with Crippen molar-refractivity contribution in [2.24, 2.45) is 5.73 Å². The molecule has 44 heavy (non-hydrogen) atoms. The van der Waals surface area contributed by atoms with Crippen molar-refractivity contribution in [2.75, 3.05) is 20.3 Å².